The molecule has 36 heavy (non-hydrogen) atoms. The summed E-state index contributed by atoms with van der Waals surface area (Å²) in [5, 5.41) is 4.55. The van der Waals surface area contributed by atoms with Crippen LogP contribution in [-0.2, 0) is 10.0 Å². The fourth-order valence-electron chi connectivity index (χ4n) is 4.11. The minimum absolute atomic E-state index is 0.0324. The van der Waals surface area contributed by atoms with Gasteiger partial charge < -0.3 is 10.1 Å². The van der Waals surface area contributed by atoms with Crippen LogP contribution in [0.3, 0.4) is 0 Å². The Labute approximate surface area is 216 Å². The average Bonchev–Trinajstić information content (AvgIpc) is 3.36. The SMILES string of the molecule is O=S(=O)(Nc1cscn1)c1cc(Cl)c(OC[C@@H]2C(c3ccc(F)cc3)=CCC[C@H]2NCCF)cc1F. The molecule has 0 saturated carbocycles. The van der Waals surface area contributed by atoms with E-state index in [0.29, 0.717) is 0 Å². The van der Waals surface area contributed by atoms with Gasteiger partial charge >= 0.3 is 0 Å². The van der Waals surface area contributed by atoms with E-state index in [1.807, 2.05) is 6.08 Å². The first kappa shape index (κ1) is 26.5. The summed E-state index contributed by atoms with van der Waals surface area (Å²) >= 11 is 7.46. The highest BCUT2D eigenvalue weighted by molar-refractivity contribution is 7.92. The number of allylic oxidation sites excluding steroid dienone is 1. The van der Waals surface area contributed by atoms with E-state index in [2.05, 4.69) is 15.0 Å². The van der Waals surface area contributed by atoms with Crippen molar-refractivity contribution >= 4 is 44.4 Å². The van der Waals surface area contributed by atoms with Crippen molar-refractivity contribution in [2.75, 3.05) is 24.5 Å². The van der Waals surface area contributed by atoms with Crippen LogP contribution in [0.2, 0.25) is 5.02 Å². The van der Waals surface area contributed by atoms with E-state index in [9.17, 15) is 21.6 Å². The lowest BCUT2D eigenvalue weighted by Crippen LogP contribution is -2.42. The van der Waals surface area contributed by atoms with E-state index in [1.54, 1.807) is 12.1 Å². The Morgan fingerprint density at radius 3 is 2.67 bits per heavy atom. The lowest BCUT2D eigenvalue weighted by atomic mass is 9.80. The van der Waals surface area contributed by atoms with Gasteiger partial charge in [-0.05, 0) is 42.2 Å². The van der Waals surface area contributed by atoms with Crippen molar-refractivity contribution in [3.63, 3.8) is 0 Å². The predicted octanol–water partition coefficient (Wildman–Crippen LogP) is 5.68. The maximum absolute atomic E-state index is 14.9. The molecule has 4 rings (SSSR count). The second-order valence-electron chi connectivity index (χ2n) is 8.10. The number of halogens is 4. The summed E-state index contributed by atoms with van der Waals surface area (Å²) in [5.74, 6) is -1.64. The molecule has 192 valence electrons. The minimum Gasteiger partial charge on any atom is -0.491 e. The highest BCUT2D eigenvalue weighted by Gasteiger charge is 2.30. The summed E-state index contributed by atoms with van der Waals surface area (Å²) < 4.78 is 74.5. The summed E-state index contributed by atoms with van der Waals surface area (Å²) in [7, 11) is -4.26. The number of hydrogen-bond donors (Lipinski definition) is 2. The Bertz CT molecular complexity index is 1320. The lowest BCUT2D eigenvalue weighted by molar-refractivity contribution is 0.232. The van der Waals surface area contributed by atoms with Crippen molar-refractivity contribution in [1.29, 1.82) is 0 Å². The molecule has 0 saturated heterocycles. The van der Waals surface area contributed by atoms with Crippen molar-refractivity contribution in [3.8, 4) is 5.75 Å². The monoisotopic (exact) mass is 557 g/mol. The molecule has 12 heteroatoms. The topological polar surface area (TPSA) is 80.3 Å². The van der Waals surface area contributed by atoms with Gasteiger partial charge in [-0.15, -0.1) is 11.3 Å². The fraction of sp³-hybridized carbons (Fsp3) is 0.292. The number of nitrogens with zero attached hydrogens (tertiary/aromatic N) is 1. The first-order chi connectivity index (χ1) is 17.3. The summed E-state index contributed by atoms with van der Waals surface area (Å²) in [4.78, 5) is 3.20. The number of rotatable bonds is 10. The largest absolute Gasteiger partial charge is 0.491 e. The van der Waals surface area contributed by atoms with E-state index in [-0.39, 0.29) is 47.5 Å². The minimum atomic E-state index is -4.26. The fourth-order valence-corrected chi connectivity index (χ4v) is 6.04. The van der Waals surface area contributed by atoms with Crippen LogP contribution in [0.15, 0.2) is 58.3 Å². The van der Waals surface area contributed by atoms with Crippen molar-refractivity contribution < 1.29 is 26.3 Å². The zero-order valence-electron chi connectivity index (χ0n) is 18.9. The second kappa shape index (κ2) is 11.6. The molecule has 2 aromatic carbocycles. The molecule has 0 amide bonds. The van der Waals surface area contributed by atoms with Gasteiger partial charge in [-0.1, -0.05) is 29.8 Å². The standard InChI is InChI=1S/C24H23ClF3N3O3S2/c25-19-10-23(36(32,33)31-24-13-35-14-30-24)20(28)11-22(19)34-12-18-17(15-4-6-16(27)7-5-15)2-1-3-21(18)29-9-8-26/h2,4-7,10-11,13-14,18,21,29,31H,1,3,8-9,12H2/t18-,21-/m1/s1. The third-order valence-electron chi connectivity index (χ3n) is 5.77. The third kappa shape index (κ3) is 6.20. The number of anilines is 1. The van der Waals surface area contributed by atoms with Crippen LogP contribution in [0.4, 0.5) is 19.0 Å². The number of sulfonamides is 1. The van der Waals surface area contributed by atoms with Gasteiger partial charge in [-0.3, -0.25) is 4.72 Å². The number of alkyl halides is 1. The van der Waals surface area contributed by atoms with E-state index < -0.39 is 27.4 Å². The molecule has 0 fully saturated rings. The van der Waals surface area contributed by atoms with Gasteiger partial charge in [0.05, 0.1) is 17.1 Å². The van der Waals surface area contributed by atoms with E-state index >= 15 is 0 Å². The van der Waals surface area contributed by atoms with Crippen LogP contribution in [0, 0.1) is 17.6 Å². The van der Waals surface area contributed by atoms with E-state index in [4.69, 9.17) is 16.3 Å². The number of aromatic nitrogens is 1. The van der Waals surface area contributed by atoms with Gasteiger partial charge in [-0.2, -0.15) is 0 Å². The number of ether oxygens (including phenoxy) is 1. The molecule has 0 unspecified atom stereocenters. The molecule has 1 aliphatic rings. The van der Waals surface area contributed by atoms with E-state index in [0.717, 1.165) is 36.1 Å². The van der Waals surface area contributed by atoms with Crippen LogP contribution in [0.25, 0.3) is 5.57 Å². The quantitative estimate of drug-likeness (QED) is 0.335. The molecule has 0 radical (unpaired) electrons. The van der Waals surface area contributed by atoms with Gasteiger partial charge in [0, 0.05) is 30.0 Å². The zero-order valence-corrected chi connectivity index (χ0v) is 21.3. The molecular weight excluding hydrogens is 535 g/mol. The highest BCUT2D eigenvalue weighted by atomic mass is 35.5. The number of benzene rings is 2. The summed E-state index contributed by atoms with van der Waals surface area (Å²) in [5.41, 5.74) is 3.12. The maximum Gasteiger partial charge on any atom is 0.266 e. The summed E-state index contributed by atoms with van der Waals surface area (Å²) in [6.45, 7) is -0.330. The normalized spacial score (nSPS) is 18.1. The number of hydrogen-bond acceptors (Lipinski definition) is 6. The van der Waals surface area contributed by atoms with Gasteiger partial charge in [0.1, 0.15) is 29.0 Å². The first-order valence-electron chi connectivity index (χ1n) is 11.1. The molecule has 6 nitrogen and oxygen atoms in total. The zero-order chi connectivity index (χ0) is 25.7. The van der Waals surface area contributed by atoms with Crippen LogP contribution in [0.1, 0.15) is 18.4 Å². The Balaban J connectivity index is 1.56. The van der Waals surface area contributed by atoms with Gasteiger partial charge in [0.15, 0.2) is 5.82 Å². The van der Waals surface area contributed by atoms with Gasteiger partial charge in [0.25, 0.3) is 10.0 Å². The van der Waals surface area contributed by atoms with Crippen LogP contribution >= 0.6 is 22.9 Å². The predicted molar refractivity (Wildman–Crippen MR) is 135 cm³/mol. The number of thiazole rings is 1. The van der Waals surface area contributed by atoms with Crippen LogP contribution in [-0.4, -0.2) is 39.3 Å². The first-order valence-corrected chi connectivity index (χ1v) is 13.9. The Kier molecular flexibility index (Phi) is 8.55. The molecule has 0 bridgehead atoms. The van der Waals surface area contributed by atoms with Gasteiger partial charge in [-0.25, -0.2) is 26.6 Å². The molecule has 0 spiro atoms. The van der Waals surface area contributed by atoms with Crippen molar-refractivity contribution in [2.45, 2.75) is 23.8 Å². The molecule has 1 aromatic heterocycles. The highest BCUT2D eigenvalue weighted by Crippen LogP contribution is 2.36. The number of nitrogens with one attached hydrogen (secondary N) is 2. The van der Waals surface area contributed by atoms with Crippen LogP contribution in [0.5, 0.6) is 5.75 Å². The van der Waals surface area contributed by atoms with E-state index in [1.165, 1.54) is 34.4 Å². The Morgan fingerprint density at radius 2 is 1.97 bits per heavy atom. The van der Waals surface area contributed by atoms with Crippen molar-refractivity contribution in [3.05, 3.63) is 75.6 Å². The molecule has 0 aliphatic heterocycles. The average molecular weight is 558 g/mol. The van der Waals surface area contributed by atoms with Crippen LogP contribution < -0.4 is 14.8 Å². The molecular formula is C24H23ClF3N3O3S2. The smallest absolute Gasteiger partial charge is 0.266 e. The third-order valence-corrected chi connectivity index (χ3v) is 8.02. The molecule has 2 atom stereocenters. The van der Waals surface area contributed by atoms with Crippen molar-refractivity contribution in [1.82, 2.24) is 10.3 Å². The summed E-state index contributed by atoms with van der Waals surface area (Å²) in [6, 6.07) is 7.80. The molecule has 3 aromatic rings. The molecule has 1 aliphatic carbocycles. The summed E-state index contributed by atoms with van der Waals surface area (Å²) in [6.07, 6.45) is 3.48. The maximum atomic E-state index is 14.9. The Hall–Kier alpha value is -2.60. The van der Waals surface area contributed by atoms with Gasteiger partial charge in [0.2, 0.25) is 0 Å². The lowest BCUT2D eigenvalue weighted by Gasteiger charge is -2.33. The van der Waals surface area contributed by atoms with Crippen molar-refractivity contribution in [2.24, 2.45) is 5.92 Å². The molecule has 1 heterocycles. The Morgan fingerprint density at radius 1 is 1.19 bits per heavy atom. The second-order valence-corrected chi connectivity index (χ2v) is 10.9. The molecule has 2 N–H and O–H groups in total.